The van der Waals surface area contributed by atoms with Gasteiger partial charge < -0.3 is 5.32 Å². The summed E-state index contributed by atoms with van der Waals surface area (Å²) in [7, 11) is -3.75. The van der Waals surface area contributed by atoms with Crippen LogP contribution in [-0.2, 0) is 34.3 Å². The third-order valence-corrected chi connectivity index (χ3v) is 8.10. The van der Waals surface area contributed by atoms with Crippen LogP contribution < -0.4 is 5.32 Å². The lowest BCUT2D eigenvalue weighted by Crippen LogP contribution is -2.52. The number of hydrogen-bond acceptors (Lipinski definition) is 4. The average molecular weight is 413 g/mol. The Hall–Kier alpha value is -2.48. The van der Waals surface area contributed by atoms with Gasteiger partial charge in [0.15, 0.2) is 0 Å². The van der Waals surface area contributed by atoms with Gasteiger partial charge in [-0.05, 0) is 34.6 Å². The van der Waals surface area contributed by atoms with Gasteiger partial charge in [0.1, 0.15) is 10.3 Å². The van der Waals surface area contributed by atoms with Crippen molar-refractivity contribution in [1.82, 2.24) is 9.62 Å². The van der Waals surface area contributed by atoms with E-state index in [-0.39, 0.29) is 16.7 Å². The van der Waals surface area contributed by atoms with Crippen molar-refractivity contribution < 1.29 is 13.2 Å². The van der Waals surface area contributed by atoms with Gasteiger partial charge in [0.05, 0.1) is 0 Å². The first-order chi connectivity index (χ1) is 13.6. The molecule has 3 aromatic rings. The highest BCUT2D eigenvalue weighted by Gasteiger charge is 2.39. The van der Waals surface area contributed by atoms with E-state index in [1.165, 1.54) is 15.6 Å². The number of nitrogens with zero attached hydrogens (tertiary/aromatic N) is 1. The Balaban J connectivity index is 1.63. The number of amides is 1. The third kappa shape index (κ3) is 3.73. The van der Waals surface area contributed by atoms with Gasteiger partial charge >= 0.3 is 0 Å². The maximum Gasteiger partial charge on any atom is 0.253 e. The van der Waals surface area contributed by atoms with Crippen LogP contribution in [0.3, 0.4) is 0 Å². The van der Waals surface area contributed by atoms with Crippen molar-refractivity contribution in [1.29, 1.82) is 0 Å². The summed E-state index contributed by atoms with van der Waals surface area (Å²) in [6.45, 7) is 0.560. The molecule has 1 amide bonds. The smallest absolute Gasteiger partial charge is 0.253 e. The second kappa shape index (κ2) is 7.87. The molecule has 28 heavy (non-hydrogen) atoms. The summed E-state index contributed by atoms with van der Waals surface area (Å²) < 4.78 is 28.0. The zero-order valence-corrected chi connectivity index (χ0v) is 16.7. The maximum atomic E-state index is 13.2. The number of sulfonamides is 1. The largest absolute Gasteiger partial charge is 0.351 e. The first-order valence-electron chi connectivity index (χ1n) is 8.99. The number of carbonyl (C=O) groups excluding carboxylic acids is 1. The summed E-state index contributed by atoms with van der Waals surface area (Å²) in [5.41, 5.74) is 2.93. The summed E-state index contributed by atoms with van der Waals surface area (Å²) in [6, 6.07) is 19.8. The second-order valence-corrected chi connectivity index (χ2v) is 9.74. The van der Waals surface area contributed by atoms with Gasteiger partial charge in [-0.15, -0.1) is 11.3 Å². The van der Waals surface area contributed by atoms with Crippen LogP contribution in [0.5, 0.6) is 0 Å². The molecule has 2 heterocycles. The molecule has 0 radical (unpaired) electrons. The number of thiophene rings is 1. The molecule has 0 bridgehead atoms. The summed E-state index contributed by atoms with van der Waals surface area (Å²) in [4.78, 5) is 13.0. The highest BCUT2D eigenvalue weighted by molar-refractivity contribution is 7.91. The van der Waals surface area contributed by atoms with Crippen molar-refractivity contribution in [2.24, 2.45) is 0 Å². The first-order valence-corrected chi connectivity index (χ1v) is 11.3. The molecule has 5 nitrogen and oxygen atoms in total. The Morgan fingerprint density at radius 3 is 2.43 bits per heavy atom. The molecule has 0 saturated heterocycles. The van der Waals surface area contributed by atoms with E-state index in [2.05, 4.69) is 5.32 Å². The van der Waals surface area contributed by atoms with Gasteiger partial charge in [0.2, 0.25) is 5.91 Å². The molecular weight excluding hydrogens is 392 g/mol. The van der Waals surface area contributed by atoms with E-state index in [4.69, 9.17) is 0 Å². The van der Waals surface area contributed by atoms with Crippen LogP contribution in [0.1, 0.15) is 16.7 Å². The molecule has 7 heteroatoms. The van der Waals surface area contributed by atoms with Gasteiger partial charge in [0.25, 0.3) is 10.0 Å². The van der Waals surface area contributed by atoms with Crippen molar-refractivity contribution in [3.8, 4) is 0 Å². The molecular formula is C21H20N2O3S2. The number of benzene rings is 2. The molecule has 144 valence electrons. The maximum absolute atomic E-state index is 13.2. The molecule has 1 aliphatic rings. The normalized spacial score (nSPS) is 17.1. The fraction of sp³-hybridized carbons (Fsp3) is 0.190. The lowest BCUT2D eigenvalue weighted by atomic mass is 9.95. The molecule has 0 unspecified atom stereocenters. The molecule has 1 N–H and O–H groups in total. The predicted molar refractivity (Wildman–Crippen MR) is 109 cm³/mol. The average Bonchev–Trinajstić information content (AvgIpc) is 3.27. The Labute approximate surface area is 168 Å². The lowest BCUT2D eigenvalue weighted by molar-refractivity contribution is -0.125. The molecule has 2 aromatic carbocycles. The number of rotatable bonds is 5. The first kappa shape index (κ1) is 18.9. The van der Waals surface area contributed by atoms with E-state index in [1.807, 2.05) is 54.6 Å². The van der Waals surface area contributed by atoms with Crippen LogP contribution in [0, 0.1) is 0 Å². The Morgan fingerprint density at radius 1 is 1.00 bits per heavy atom. The van der Waals surface area contributed by atoms with Crippen molar-refractivity contribution >= 4 is 27.3 Å². The molecule has 1 aromatic heterocycles. The SMILES string of the molecule is O=C(NCc1ccccc1)[C@@H]1Cc2ccccc2CN1S(=O)(=O)c1cccs1. The topological polar surface area (TPSA) is 66.5 Å². The monoisotopic (exact) mass is 412 g/mol. The Morgan fingerprint density at radius 2 is 1.71 bits per heavy atom. The van der Waals surface area contributed by atoms with Crippen LogP contribution in [0.25, 0.3) is 0 Å². The number of fused-ring (bicyclic) bond motifs is 1. The minimum Gasteiger partial charge on any atom is -0.351 e. The van der Waals surface area contributed by atoms with Gasteiger partial charge in [-0.1, -0.05) is 60.7 Å². The second-order valence-electron chi connectivity index (χ2n) is 6.67. The minimum absolute atomic E-state index is 0.194. The summed E-state index contributed by atoms with van der Waals surface area (Å²) >= 11 is 1.17. The van der Waals surface area contributed by atoms with E-state index in [1.54, 1.807) is 17.5 Å². The minimum atomic E-state index is -3.75. The fourth-order valence-corrected chi connectivity index (χ4v) is 6.09. The van der Waals surface area contributed by atoms with Crippen LogP contribution >= 0.6 is 11.3 Å². The Kier molecular flexibility index (Phi) is 5.30. The van der Waals surface area contributed by atoms with Crippen molar-refractivity contribution in [2.45, 2.75) is 29.8 Å². The summed E-state index contributed by atoms with van der Waals surface area (Å²) in [5, 5.41) is 4.64. The zero-order valence-electron chi connectivity index (χ0n) is 15.1. The highest BCUT2D eigenvalue weighted by Crippen LogP contribution is 2.30. The number of hydrogen-bond donors (Lipinski definition) is 1. The van der Waals surface area contributed by atoms with Gasteiger partial charge in [0, 0.05) is 13.1 Å². The molecule has 1 aliphatic heterocycles. The lowest BCUT2D eigenvalue weighted by Gasteiger charge is -2.34. The molecule has 0 aliphatic carbocycles. The molecule has 4 rings (SSSR count). The van der Waals surface area contributed by atoms with Crippen molar-refractivity contribution in [2.75, 3.05) is 0 Å². The van der Waals surface area contributed by atoms with Gasteiger partial charge in [-0.2, -0.15) is 4.31 Å². The van der Waals surface area contributed by atoms with E-state index >= 15 is 0 Å². The summed E-state index contributed by atoms with van der Waals surface area (Å²) in [6.07, 6.45) is 0.363. The van der Waals surface area contributed by atoms with Gasteiger partial charge in [-0.25, -0.2) is 8.42 Å². The Bertz CT molecular complexity index is 1060. The molecule has 0 spiro atoms. The zero-order chi connectivity index (χ0) is 19.6. The predicted octanol–water partition coefficient (Wildman–Crippen LogP) is 3.18. The van der Waals surface area contributed by atoms with E-state index in [9.17, 15) is 13.2 Å². The van der Waals surface area contributed by atoms with E-state index in [0.717, 1.165) is 16.7 Å². The molecule has 0 saturated carbocycles. The van der Waals surface area contributed by atoms with Crippen LogP contribution in [0.15, 0.2) is 76.3 Å². The molecule has 0 fully saturated rings. The standard InChI is InChI=1S/C21H20N2O3S2/c24-21(22-14-16-7-2-1-3-8-16)19-13-17-9-4-5-10-18(17)15-23(19)28(25,26)20-11-6-12-27-20/h1-12,19H,13-15H2,(H,22,24)/t19-/m0/s1. The van der Waals surface area contributed by atoms with Crippen molar-refractivity contribution in [3.63, 3.8) is 0 Å². The van der Waals surface area contributed by atoms with E-state index < -0.39 is 16.1 Å². The molecule has 1 atom stereocenters. The van der Waals surface area contributed by atoms with E-state index in [0.29, 0.717) is 13.0 Å². The van der Waals surface area contributed by atoms with Gasteiger partial charge in [-0.3, -0.25) is 4.79 Å². The van der Waals surface area contributed by atoms with Crippen LogP contribution in [-0.4, -0.2) is 24.7 Å². The van der Waals surface area contributed by atoms with Crippen LogP contribution in [0.2, 0.25) is 0 Å². The third-order valence-electron chi connectivity index (χ3n) is 4.88. The van der Waals surface area contributed by atoms with Crippen LogP contribution in [0.4, 0.5) is 0 Å². The quantitative estimate of drug-likeness (QED) is 0.700. The number of nitrogens with one attached hydrogen (secondary N) is 1. The van der Waals surface area contributed by atoms with Crippen molar-refractivity contribution in [3.05, 3.63) is 88.8 Å². The summed E-state index contributed by atoms with van der Waals surface area (Å²) in [5.74, 6) is -0.279. The number of carbonyl (C=O) groups is 1. The fourth-order valence-electron chi connectivity index (χ4n) is 3.40. The highest BCUT2D eigenvalue weighted by atomic mass is 32.2.